The molecule has 3 N–H and O–H groups in total. The van der Waals surface area contributed by atoms with Crippen LogP contribution in [0.2, 0.25) is 0 Å². The molecule has 0 bridgehead atoms. The zero-order valence-electron chi connectivity index (χ0n) is 11.9. The summed E-state index contributed by atoms with van der Waals surface area (Å²) in [6.07, 6.45) is 0.0646. The van der Waals surface area contributed by atoms with Crippen LogP contribution in [-0.2, 0) is 16.8 Å². The Morgan fingerprint density at radius 2 is 1.71 bits per heavy atom. The molecular weight excluding hydrogens is 266 g/mol. The van der Waals surface area contributed by atoms with Gasteiger partial charge in [-0.15, -0.1) is 0 Å². The van der Waals surface area contributed by atoms with E-state index in [2.05, 4.69) is 5.32 Å². The van der Waals surface area contributed by atoms with Crippen LogP contribution in [0.1, 0.15) is 18.1 Å². The van der Waals surface area contributed by atoms with Gasteiger partial charge in [-0.2, -0.15) is 0 Å². The van der Waals surface area contributed by atoms with Crippen LogP contribution in [0.15, 0.2) is 54.6 Å². The first kappa shape index (κ1) is 15.1. The van der Waals surface area contributed by atoms with Crippen LogP contribution < -0.4 is 5.32 Å². The van der Waals surface area contributed by atoms with E-state index in [1.54, 1.807) is 31.2 Å². The van der Waals surface area contributed by atoms with E-state index in [9.17, 15) is 15.0 Å². The summed E-state index contributed by atoms with van der Waals surface area (Å²) in [5.74, 6) is -0.157. The lowest BCUT2D eigenvalue weighted by molar-refractivity contribution is -0.122. The van der Waals surface area contributed by atoms with Gasteiger partial charge in [-0.05, 0) is 18.6 Å². The molecular formula is C17H19NO3. The number of benzene rings is 2. The first-order valence-electron chi connectivity index (χ1n) is 6.79. The standard InChI is InChI=1S/C17H19NO3/c1-17(12-19,14-8-3-2-4-9-14)18-16(21)11-13-7-5-6-10-15(13)20/h2-10,19-20H,11-12H2,1H3,(H,18,21). The molecule has 2 aromatic rings. The van der Waals surface area contributed by atoms with Gasteiger partial charge >= 0.3 is 0 Å². The third kappa shape index (κ3) is 3.61. The maximum atomic E-state index is 12.2. The molecule has 0 aliphatic carbocycles. The van der Waals surface area contributed by atoms with E-state index in [0.29, 0.717) is 5.56 Å². The Bertz CT molecular complexity index is 612. The molecule has 2 aromatic carbocycles. The van der Waals surface area contributed by atoms with Crippen LogP contribution in [0.5, 0.6) is 5.75 Å². The van der Waals surface area contributed by atoms with Crippen molar-refractivity contribution in [3.05, 3.63) is 65.7 Å². The minimum Gasteiger partial charge on any atom is -0.508 e. The highest BCUT2D eigenvalue weighted by Crippen LogP contribution is 2.21. The summed E-state index contributed by atoms with van der Waals surface area (Å²) in [4.78, 5) is 12.2. The molecule has 0 fully saturated rings. The maximum absolute atomic E-state index is 12.2. The predicted molar refractivity (Wildman–Crippen MR) is 80.8 cm³/mol. The number of aliphatic hydroxyl groups is 1. The Kier molecular flexibility index (Phi) is 4.60. The lowest BCUT2D eigenvalue weighted by atomic mass is 9.92. The van der Waals surface area contributed by atoms with Crippen LogP contribution in [0.3, 0.4) is 0 Å². The number of para-hydroxylation sites is 1. The van der Waals surface area contributed by atoms with E-state index in [-0.39, 0.29) is 24.7 Å². The molecule has 0 aliphatic rings. The highest BCUT2D eigenvalue weighted by molar-refractivity contribution is 5.80. The number of aliphatic hydroxyl groups excluding tert-OH is 1. The van der Waals surface area contributed by atoms with E-state index in [1.165, 1.54) is 0 Å². The average molecular weight is 285 g/mol. The van der Waals surface area contributed by atoms with Crippen molar-refractivity contribution >= 4 is 5.91 Å². The van der Waals surface area contributed by atoms with Gasteiger partial charge in [-0.3, -0.25) is 4.79 Å². The second kappa shape index (κ2) is 6.41. The summed E-state index contributed by atoms with van der Waals surface area (Å²) >= 11 is 0. The number of carbonyl (C=O) groups is 1. The summed E-state index contributed by atoms with van der Waals surface area (Å²) in [7, 11) is 0. The van der Waals surface area contributed by atoms with Crippen LogP contribution in [0, 0.1) is 0 Å². The molecule has 21 heavy (non-hydrogen) atoms. The molecule has 0 saturated heterocycles. The van der Waals surface area contributed by atoms with Crippen molar-refractivity contribution in [1.82, 2.24) is 5.32 Å². The number of carbonyl (C=O) groups excluding carboxylic acids is 1. The lowest BCUT2D eigenvalue weighted by Gasteiger charge is -2.29. The topological polar surface area (TPSA) is 69.6 Å². The van der Waals surface area contributed by atoms with Crippen LogP contribution >= 0.6 is 0 Å². The summed E-state index contributed by atoms with van der Waals surface area (Å²) < 4.78 is 0. The molecule has 0 heterocycles. The number of aromatic hydroxyl groups is 1. The third-order valence-electron chi connectivity index (χ3n) is 3.49. The highest BCUT2D eigenvalue weighted by atomic mass is 16.3. The highest BCUT2D eigenvalue weighted by Gasteiger charge is 2.27. The summed E-state index contributed by atoms with van der Waals surface area (Å²) in [5, 5.41) is 22.2. The van der Waals surface area contributed by atoms with Crippen LogP contribution in [-0.4, -0.2) is 22.7 Å². The number of phenols is 1. The van der Waals surface area contributed by atoms with Crippen molar-refractivity contribution in [2.75, 3.05) is 6.61 Å². The van der Waals surface area contributed by atoms with Crippen molar-refractivity contribution < 1.29 is 15.0 Å². The van der Waals surface area contributed by atoms with Crippen LogP contribution in [0.25, 0.3) is 0 Å². The number of hydrogen-bond acceptors (Lipinski definition) is 3. The van der Waals surface area contributed by atoms with E-state index in [0.717, 1.165) is 5.56 Å². The Labute approximate surface area is 124 Å². The first-order chi connectivity index (χ1) is 10.0. The molecule has 2 rings (SSSR count). The molecule has 4 heteroatoms. The van der Waals surface area contributed by atoms with E-state index < -0.39 is 5.54 Å². The molecule has 1 amide bonds. The normalized spacial score (nSPS) is 13.4. The van der Waals surface area contributed by atoms with Crippen molar-refractivity contribution in [3.63, 3.8) is 0 Å². The fourth-order valence-corrected chi connectivity index (χ4v) is 2.19. The molecule has 1 atom stereocenters. The zero-order valence-corrected chi connectivity index (χ0v) is 11.9. The Hall–Kier alpha value is -2.33. The van der Waals surface area contributed by atoms with Crippen molar-refractivity contribution in [2.24, 2.45) is 0 Å². The van der Waals surface area contributed by atoms with Gasteiger partial charge in [-0.1, -0.05) is 48.5 Å². The molecule has 4 nitrogen and oxygen atoms in total. The minimum atomic E-state index is -0.845. The summed E-state index contributed by atoms with van der Waals surface area (Å²) in [5.41, 5.74) is 0.546. The van der Waals surface area contributed by atoms with Gasteiger partial charge in [0.2, 0.25) is 5.91 Å². The van der Waals surface area contributed by atoms with E-state index in [4.69, 9.17) is 0 Å². The summed E-state index contributed by atoms with van der Waals surface area (Å²) in [6.45, 7) is 1.56. The SMILES string of the molecule is CC(CO)(NC(=O)Cc1ccccc1O)c1ccccc1. The number of phenolic OH excluding ortho intramolecular Hbond substituents is 1. The second-order valence-electron chi connectivity index (χ2n) is 5.21. The Balaban J connectivity index is 2.12. The second-order valence-corrected chi connectivity index (χ2v) is 5.21. The molecule has 0 aliphatic heterocycles. The predicted octanol–water partition coefficient (Wildman–Crippen LogP) is 1.96. The largest absolute Gasteiger partial charge is 0.508 e. The first-order valence-corrected chi connectivity index (χ1v) is 6.79. The van der Waals surface area contributed by atoms with Gasteiger partial charge in [0.05, 0.1) is 18.6 Å². The Morgan fingerprint density at radius 3 is 2.33 bits per heavy atom. The van der Waals surface area contributed by atoms with Gasteiger partial charge in [-0.25, -0.2) is 0 Å². The molecule has 110 valence electrons. The smallest absolute Gasteiger partial charge is 0.225 e. The van der Waals surface area contributed by atoms with Gasteiger partial charge in [0, 0.05) is 5.56 Å². The van der Waals surface area contributed by atoms with Gasteiger partial charge < -0.3 is 15.5 Å². The zero-order chi connectivity index (χ0) is 15.3. The fourth-order valence-electron chi connectivity index (χ4n) is 2.19. The van der Waals surface area contributed by atoms with Crippen LogP contribution in [0.4, 0.5) is 0 Å². The average Bonchev–Trinajstić information content (AvgIpc) is 2.50. The number of hydrogen-bond donors (Lipinski definition) is 3. The van der Waals surface area contributed by atoms with Crippen molar-refractivity contribution in [2.45, 2.75) is 18.9 Å². The Morgan fingerprint density at radius 1 is 1.10 bits per heavy atom. The monoisotopic (exact) mass is 285 g/mol. The molecule has 0 spiro atoms. The molecule has 0 aromatic heterocycles. The van der Waals surface area contributed by atoms with Crippen molar-refractivity contribution in [1.29, 1.82) is 0 Å². The summed E-state index contributed by atoms with van der Waals surface area (Å²) in [6, 6.07) is 16.0. The van der Waals surface area contributed by atoms with E-state index >= 15 is 0 Å². The molecule has 1 unspecified atom stereocenters. The number of rotatable bonds is 5. The quantitative estimate of drug-likeness (QED) is 0.786. The molecule has 0 radical (unpaired) electrons. The van der Waals surface area contributed by atoms with Gasteiger partial charge in [0.1, 0.15) is 5.75 Å². The van der Waals surface area contributed by atoms with Gasteiger partial charge in [0.25, 0.3) is 0 Å². The third-order valence-corrected chi connectivity index (χ3v) is 3.49. The molecule has 0 saturated carbocycles. The van der Waals surface area contributed by atoms with E-state index in [1.807, 2.05) is 30.3 Å². The fraction of sp³-hybridized carbons (Fsp3) is 0.235. The minimum absolute atomic E-state index is 0.0646. The number of nitrogens with one attached hydrogen (secondary N) is 1. The van der Waals surface area contributed by atoms with Crippen molar-refractivity contribution in [3.8, 4) is 5.75 Å². The number of amides is 1. The lowest BCUT2D eigenvalue weighted by Crippen LogP contribution is -2.46. The van der Waals surface area contributed by atoms with Gasteiger partial charge in [0.15, 0.2) is 0 Å². The maximum Gasteiger partial charge on any atom is 0.225 e.